The van der Waals surface area contributed by atoms with E-state index in [4.69, 9.17) is 9.39 Å². The molecule has 1 rings (SSSR count). The van der Waals surface area contributed by atoms with E-state index in [2.05, 4.69) is 47.2 Å². The van der Waals surface area contributed by atoms with Crippen LogP contribution in [-0.2, 0) is 14.2 Å². The number of ketones is 1. The molecule has 0 radical (unpaired) electrons. The van der Waals surface area contributed by atoms with Crippen molar-refractivity contribution in [3.63, 3.8) is 0 Å². The lowest BCUT2D eigenvalue weighted by atomic mass is 9.77. The Kier molecular flexibility index (Phi) is 12.0. The Morgan fingerprint density at radius 3 is 2.18 bits per heavy atom. The summed E-state index contributed by atoms with van der Waals surface area (Å²) in [5.74, 6) is 0.629. The van der Waals surface area contributed by atoms with Crippen molar-refractivity contribution in [1.29, 1.82) is 0 Å². The van der Waals surface area contributed by atoms with Crippen LogP contribution in [0.1, 0.15) is 108 Å². The van der Waals surface area contributed by atoms with Gasteiger partial charge >= 0.3 is 6.09 Å². The number of likely N-dealkylation sites (tertiary alicyclic amines) is 1. The summed E-state index contributed by atoms with van der Waals surface area (Å²) in [6.45, 7) is 20.8. The lowest BCUT2D eigenvalue weighted by molar-refractivity contribution is -0.128. The second-order valence-corrected chi connectivity index (χ2v) is 13.4. The van der Waals surface area contributed by atoms with Crippen molar-refractivity contribution in [2.24, 2.45) is 17.8 Å². The van der Waals surface area contributed by atoms with Gasteiger partial charge in [-0.25, -0.2) is 4.79 Å². The van der Waals surface area contributed by atoms with Gasteiger partial charge in [-0.2, -0.15) is 12.6 Å². The van der Waals surface area contributed by atoms with Crippen LogP contribution in [0.3, 0.4) is 0 Å². The van der Waals surface area contributed by atoms with Crippen LogP contribution in [-0.4, -0.2) is 52.8 Å². The van der Waals surface area contributed by atoms with E-state index in [0.717, 1.165) is 44.8 Å². The van der Waals surface area contributed by atoms with E-state index >= 15 is 0 Å². The van der Waals surface area contributed by atoms with Gasteiger partial charge in [0.25, 0.3) is 7.48 Å². The minimum absolute atomic E-state index is 0.0656. The lowest BCUT2D eigenvalue weighted by Gasteiger charge is -2.38. The van der Waals surface area contributed by atoms with Gasteiger partial charge in [-0.1, -0.05) is 46.4 Å². The summed E-state index contributed by atoms with van der Waals surface area (Å²) in [6, 6.07) is -0.389. The van der Waals surface area contributed by atoms with E-state index in [1.54, 1.807) is 4.90 Å². The number of Topliss-reactive ketones (excluding diaryl/α,β-unsaturated/α-hetero) is 1. The first-order valence-corrected chi connectivity index (χ1v) is 13.9. The molecule has 0 aromatic carbocycles. The van der Waals surface area contributed by atoms with Crippen LogP contribution in [0.4, 0.5) is 4.79 Å². The van der Waals surface area contributed by atoms with Gasteiger partial charge in [-0.05, 0) is 79.6 Å². The number of unbranched alkanes of at least 4 members (excludes halogenated alkanes) is 1. The molecule has 0 aliphatic carbocycles. The molecular formula is C27H52BNO4S. The molecule has 1 fully saturated rings. The fourth-order valence-corrected chi connectivity index (χ4v) is 4.57. The predicted molar refractivity (Wildman–Crippen MR) is 147 cm³/mol. The van der Waals surface area contributed by atoms with Gasteiger partial charge in [0.15, 0.2) is 5.78 Å². The highest BCUT2D eigenvalue weighted by Crippen LogP contribution is 2.39. The summed E-state index contributed by atoms with van der Waals surface area (Å²) < 4.78 is 11.7. The van der Waals surface area contributed by atoms with Crippen LogP contribution in [0.2, 0.25) is 6.32 Å². The van der Waals surface area contributed by atoms with Crippen LogP contribution < -0.4 is 0 Å². The number of hydrogen-bond donors (Lipinski definition) is 1. The van der Waals surface area contributed by atoms with Gasteiger partial charge in [0.1, 0.15) is 5.60 Å². The molecule has 0 spiro atoms. The summed E-state index contributed by atoms with van der Waals surface area (Å²) in [7, 11) is 0.670. The third kappa shape index (κ3) is 9.07. The minimum atomic E-state index is -0.580. The molecule has 3 unspecified atom stereocenters. The zero-order valence-electron chi connectivity index (χ0n) is 23.7. The molecule has 198 valence electrons. The average Bonchev–Trinajstić information content (AvgIpc) is 3.07. The maximum Gasteiger partial charge on any atom is 0.410 e. The first kappa shape index (κ1) is 31.3. The van der Waals surface area contributed by atoms with Crippen LogP contribution in [0.15, 0.2) is 0 Å². The van der Waals surface area contributed by atoms with Crippen molar-refractivity contribution < 1.29 is 19.0 Å². The topological polar surface area (TPSA) is 55.8 Å². The minimum Gasteiger partial charge on any atom is -0.444 e. The standard InChI is InChI=1S/C27H52BNO4S/c1-11-13-15-20-18-29(24(31)32-25(4,5)6)22(23(30)19(3)12-2)21(20)16-14-17-28-33-26(7,8)27(9,10)34/h19-22,28,34H,11-18H2,1-10H3/t19?,20-,21?,22?/m0/s1. The second kappa shape index (κ2) is 13.0. The molecule has 5 nitrogen and oxygen atoms in total. The Labute approximate surface area is 216 Å². The fraction of sp³-hybridized carbons (Fsp3) is 0.926. The number of thiol groups is 1. The number of rotatable bonds is 13. The van der Waals surface area contributed by atoms with Crippen molar-refractivity contribution in [1.82, 2.24) is 4.90 Å². The van der Waals surface area contributed by atoms with E-state index < -0.39 is 5.60 Å². The molecule has 34 heavy (non-hydrogen) atoms. The van der Waals surface area contributed by atoms with Gasteiger partial charge in [0.2, 0.25) is 0 Å². The first-order valence-electron chi connectivity index (χ1n) is 13.4. The maximum atomic E-state index is 13.5. The van der Waals surface area contributed by atoms with Crippen molar-refractivity contribution in [3.05, 3.63) is 0 Å². The van der Waals surface area contributed by atoms with E-state index in [1.807, 2.05) is 34.6 Å². The molecule has 1 aliphatic rings. The zero-order valence-corrected chi connectivity index (χ0v) is 24.6. The highest BCUT2D eigenvalue weighted by Gasteiger charge is 2.48. The summed E-state index contributed by atoms with van der Waals surface area (Å²) in [6.07, 6.45) is 6.54. The summed E-state index contributed by atoms with van der Waals surface area (Å²) >= 11 is 4.68. The third-order valence-corrected chi connectivity index (χ3v) is 8.13. The smallest absolute Gasteiger partial charge is 0.410 e. The third-order valence-electron chi connectivity index (χ3n) is 7.59. The summed E-state index contributed by atoms with van der Waals surface area (Å²) in [5, 5.41) is 0. The molecule has 1 saturated heterocycles. The average molecular weight is 498 g/mol. The largest absolute Gasteiger partial charge is 0.444 e. The monoisotopic (exact) mass is 497 g/mol. The number of carbonyl (C=O) groups is 2. The van der Waals surface area contributed by atoms with E-state index in [0.29, 0.717) is 19.9 Å². The molecule has 1 amide bonds. The van der Waals surface area contributed by atoms with Crippen molar-refractivity contribution >= 4 is 32.0 Å². The molecular weight excluding hydrogens is 445 g/mol. The zero-order chi connectivity index (χ0) is 26.3. The molecule has 0 saturated carbocycles. The van der Waals surface area contributed by atoms with E-state index in [1.165, 1.54) is 0 Å². The van der Waals surface area contributed by atoms with Crippen molar-refractivity contribution in [2.75, 3.05) is 6.54 Å². The number of ether oxygens (including phenoxy) is 1. The SMILES string of the molecule is CCCC[C@H]1CN(C(=O)OC(C)(C)C)C(C(=O)C(C)CC)C1CCCBOC(C)(C)C(C)(C)S. The molecule has 4 atom stereocenters. The normalized spacial score (nSPS) is 22.6. The van der Waals surface area contributed by atoms with Gasteiger partial charge < -0.3 is 9.39 Å². The van der Waals surface area contributed by atoms with Crippen LogP contribution in [0.25, 0.3) is 0 Å². The Bertz CT molecular complexity index is 656. The molecule has 1 aliphatic heterocycles. The lowest BCUT2D eigenvalue weighted by Crippen LogP contribution is -2.47. The number of nitrogens with zero attached hydrogens (tertiary/aromatic N) is 1. The Hall–Kier alpha value is -0.685. The predicted octanol–water partition coefficient (Wildman–Crippen LogP) is 6.70. The van der Waals surface area contributed by atoms with Gasteiger partial charge in [0.05, 0.1) is 11.6 Å². The molecule has 7 heteroatoms. The van der Waals surface area contributed by atoms with Crippen LogP contribution in [0, 0.1) is 17.8 Å². The molecule has 1 heterocycles. The van der Waals surface area contributed by atoms with Gasteiger partial charge in [-0.15, -0.1) is 0 Å². The van der Waals surface area contributed by atoms with Crippen LogP contribution in [0.5, 0.6) is 0 Å². The van der Waals surface area contributed by atoms with E-state index in [-0.39, 0.29) is 40.1 Å². The number of hydrogen-bond acceptors (Lipinski definition) is 5. The second-order valence-electron chi connectivity index (χ2n) is 12.3. The summed E-state index contributed by atoms with van der Waals surface area (Å²) in [4.78, 5) is 28.4. The van der Waals surface area contributed by atoms with E-state index in [9.17, 15) is 9.59 Å². The highest BCUT2D eigenvalue weighted by atomic mass is 32.1. The van der Waals surface area contributed by atoms with Crippen molar-refractivity contribution in [3.8, 4) is 0 Å². The van der Waals surface area contributed by atoms with Crippen LogP contribution >= 0.6 is 12.6 Å². The van der Waals surface area contributed by atoms with Gasteiger partial charge in [0, 0.05) is 17.2 Å². The molecule has 0 aromatic rings. The first-order chi connectivity index (χ1) is 15.6. The van der Waals surface area contributed by atoms with Gasteiger partial charge in [-0.3, -0.25) is 9.69 Å². The maximum absolute atomic E-state index is 13.5. The number of carbonyl (C=O) groups excluding carboxylic acids is 2. The highest BCUT2D eigenvalue weighted by molar-refractivity contribution is 7.81. The Balaban J connectivity index is 3.00. The number of amides is 1. The molecule has 0 aromatic heterocycles. The molecule has 0 bridgehead atoms. The Morgan fingerprint density at radius 1 is 1.06 bits per heavy atom. The quantitative estimate of drug-likeness (QED) is 0.175. The summed E-state index contributed by atoms with van der Waals surface area (Å²) in [5.41, 5.74) is -0.904. The van der Waals surface area contributed by atoms with Crippen molar-refractivity contribution in [2.45, 2.75) is 136 Å². The Morgan fingerprint density at radius 2 is 1.68 bits per heavy atom. The molecule has 0 N–H and O–H groups in total. The fourth-order valence-electron chi connectivity index (χ4n) is 4.51.